The molecule has 0 aromatic heterocycles. The van der Waals surface area contributed by atoms with E-state index < -0.39 is 0 Å². The third-order valence-corrected chi connectivity index (χ3v) is 4.48. The van der Waals surface area contributed by atoms with E-state index >= 15 is 0 Å². The van der Waals surface area contributed by atoms with Gasteiger partial charge in [-0.15, -0.1) is 0 Å². The van der Waals surface area contributed by atoms with Crippen molar-refractivity contribution in [3.63, 3.8) is 0 Å². The first kappa shape index (κ1) is 15.3. The molecule has 0 amide bonds. The molecule has 3 atom stereocenters. The Hall–Kier alpha value is -1.13. The zero-order chi connectivity index (χ0) is 14.9. The van der Waals surface area contributed by atoms with Gasteiger partial charge in [0.05, 0.1) is 19.3 Å². The lowest BCUT2D eigenvalue weighted by atomic mass is 9.82. The average molecular weight is 279 g/mol. The molecule has 0 spiro atoms. The Labute approximate surface area is 121 Å². The second-order valence-corrected chi connectivity index (χ2v) is 6.09. The van der Waals surface area contributed by atoms with E-state index in [1.54, 1.807) is 0 Å². The summed E-state index contributed by atoms with van der Waals surface area (Å²) in [4.78, 5) is 14.5. The van der Waals surface area contributed by atoms with E-state index in [4.69, 9.17) is 4.74 Å². The van der Waals surface area contributed by atoms with E-state index in [0.29, 0.717) is 19.6 Å². The molecule has 1 N–H and O–H groups in total. The summed E-state index contributed by atoms with van der Waals surface area (Å²) in [5, 5.41) is 9.30. The molecule has 2 rings (SSSR count). The summed E-state index contributed by atoms with van der Waals surface area (Å²) < 4.78 is 5.58. The lowest BCUT2D eigenvalue weighted by Crippen LogP contribution is -2.50. The highest BCUT2D eigenvalue weighted by Gasteiger charge is 2.33. The highest BCUT2D eigenvalue weighted by molar-refractivity contribution is 5.96. The third-order valence-electron chi connectivity index (χ3n) is 4.48. The zero-order valence-electron chi connectivity index (χ0n) is 12.7. The van der Waals surface area contributed by atoms with Gasteiger partial charge in [-0.25, -0.2) is 0 Å². The quantitative estimate of drug-likeness (QED) is 0.802. The maximum atomic E-state index is 12.2. The SMILES string of the molecule is C=C(C)C1CC(=O)C(C)=C(N2C[C@@H](CO)OC[C@H]2C)C1. The number of Topliss-reactive ketones (excluding diaryl/α,β-unsaturated/α-hetero) is 1. The van der Waals surface area contributed by atoms with Gasteiger partial charge in [-0.3, -0.25) is 4.79 Å². The molecule has 0 bridgehead atoms. The fourth-order valence-corrected chi connectivity index (χ4v) is 2.98. The van der Waals surface area contributed by atoms with Crippen LogP contribution in [-0.2, 0) is 9.53 Å². The summed E-state index contributed by atoms with van der Waals surface area (Å²) in [7, 11) is 0. The predicted octanol–water partition coefficient (Wildman–Crippen LogP) is 1.90. The van der Waals surface area contributed by atoms with Gasteiger partial charge in [-0.05, 0) is 33.1 Å². The van der Waals surface area contributed by atoms with Crippen LogP contribution < -0.4 is 0 Å². The van der Waals surface area contributed by atoms with Gasteiger partial charge in [0, 0.05) is 30.3 Å². The molecule has 4 nitrogen and oxygen atoms in total. The number of nitrogens with zero attached hydrogens (tertiary/aromatic N) is 1. The molecule has 2 aliphatic rings. The molecule has 1 saturated heterocycles. The van der Waals surface area contributed by atoms with Crippen molar-refractivity contribution in [2.45, 2.75) is 45.8 Å². The smallest absolute Gasteiger partial charge is 0.160 e. The largest absolute Gasteiger partial charge is 0.394 e. The maximum absolute atomic E-state index is 12.2. The van der Waals surface area contributed by atoms with Gasteiger partial charge >= 0.3 is 0 Å². The van der Waals surface area contributed by atoms with Crippen LogP contribution in [0, 0.1) is 5.92 Å². The minimum Gasteiger partial charge on any atom is -0.394 e. The van der Waals surface area contributed by atoms with Gasteiger partial charge in [0.15, 0.2) is 5.78 Å². The molecule has 1 aliphatic carbocycles. The predicted molar refractivity (Wildman–Crippen MR) is 78.2 cm³/mol. The van der Waals surface area contributed by atoms with Crippen LogP contribution in [-0.4, -0.2) is 47.7 Å². The first-order valence-electron chi connectivity index (χ1n) is 7.31. The molecule has 0 radical (unpaired) electrons. The number of ketones is 1. The Bertz CT molecular complexity index is 441. The Morgan fingerprint density at radius 2 is 2.20 bits per heavy atom. The van der Waals surface area contributed by atoms with E-state index in [1.807, 2.05) is 13.8 Å². The van der Waals surface area contributed by atoms with Crippen LogP contribution in [0.2, 0.25) is 0 Å². The van der Waals surface area contributed by atoms with Crippen molar-refractivity contribution in [2.75, 3.05) is 19.8 Å². The Kier molecular flexibility index (Phi) is 4.66. The molecule has 1 fully saturated rings. The molecule has 1 heterocycles. The molecule has 4 heteroatoms. The lowest BCUT2D eigenvalue weighted by Gasteiger charge is -2.43. The van der Waals surface area contributed by atoms with Crippen molar-refractivity contribution in [3.05, 3.63) is 23.4 Å². The number of aliphatic hydroxyl groups is 1. The van der Waals surface area contributed by atoms with E-state index in [1.165, 1.54) is 0 Å². The van der Waals surface area contributed by atoms with Crippen LogP contribution in [0.15, 0.2) is 23.4 Å². The van der Waals surface area contributed by atoms with Crippen LogP contribution in [0.5, 0.6) is 0 Å². The van der Waals surface area contributed by atoms with Gasteiger partial charge in [0.2, 0.25) is 0 Å². The standard InChI is InChI=1S/C16H25NO3/c1-10(2)13-5-15(12(4)16(19)6-13)17-7-14(8-18)20-9-11(17)3/h11,13-14,18H,1,5-9H2,2-4H3/t11-,13?,14+/m1/s1. The first-order valence-corrected chi connectivity index (χ1v) is 7.31. The van der Waals surface area contributed by atoms with Crippen molar-refractivity contribution in [2.24, 2.45) is 5.92 Å². The van der Waals surface area contributed by atoms with Gasteiger partial charge in [0.25, 0.3) is 0 Å². The lowest BCUT2D eigenvalue weighted by molar-refractivity contribution is -0.117. The number of allylic oxidation sites excluding steroid dienone is 3. The van der Waals surface area contributed by atoms with Gasteiger partial charge < -0.3 is 14.7 Å². The number of hydrogen-bond donors (Lipinski definition) is 1. The molecule has 0 aromatic carbocycles. The van der Waals surface area contributed by atoms with Crippen molar-refractivity contribution in [1.29, 1.82) is 0 Å². The van der Waals surface area contributed by atoms with Crippen molar-refractivity contribution in [3.8, 4) is 0 Å². The highest BCUT2D eigenvalue weighted by atomic mass is 16.5. The van der Waals surface area contributed by atoms with E-state index in [9.17, 15) is 9.90 Å². The third kappa shape index (κ3) is 2.96. The number of carbonyl (C=O) groups is 1. The van der Waals surface area contributed by atoms with Crippen LogP contribution in [0.1, 0.15) is 33.6 Å². The Morgan fingerprint density at radius 3 is 2.80 bits per heavy atom. The van der Waals surface area contributed by atoms with E-state index in [-0.39, 0.29) is 30.5 Å². The van der Waals surface area contributed by atoms with Gasteiger partial charge in [-0.1, -0.05) is 12.2 Å². The minimum atomic E-state index is -0.160. The van der Waals surface area contributed by atoms with Crippen LogP contribution in [0.4, 0.5) is 0 Å². The molecule has 1 unspecified atom stereocenters. The van der Waals surface area contributed by atoms with Crippen molar-refractivity contribution >= 4 is 5.78 Å². The number of aliphatic hydroxyl groups excluding tert-OH is 1. The van der Waals surface area contributed by atoms with Crippen LogP contribution in [0.3, 0.4) is 0 Å². The summed E-state index contributed by atoms with van der Waals surface area (Å²) in [5.74, 6) is 0.460. The van der Waals surface area contributed by atoms with Crippen molar-refractivity contribution < 1.29 is 14.6 Å². The van der Waals surface area contributed by atoms with Crippen LogP contribution in [0.25, 0.3) is 0 Å². The molecule has 0 aromatic rings. The topological polar surface area (TPSA) is 49.8 Å². The Morgan fingerprint density at radius 1 is 1.50 bits per heavy atom. The summed E-state index contributed by atoms with van der Waals surface area (Å²) in [5.41, 5.74) is 3.06. The average Bonchev–Trinajstić information content (AvgIpc) is 2.42. The fourth-order valence-electron chi connectivity index (χ4n) is 2.98. The highest BCUT2D eigenvalue weighted by Crippen LogP contribution is 2.34. The van der Waals surface area contributed by atoms with E-state index in [2.05, 4.69) is 18.4 Å². The number of ether oxygens (including phenoxy) is 1. The molecular weight excluding hydrogens is 254 g/mol. The zero-order valence-corrected chi connectivity index (χ0v) is 12.7. The van der Waals surface area contributed by atoms with Gasteiger partial charge in [0.1, 0.15) is 0 Å². The molecular formula is C16H25NO3. The number of hydrogen-bond acceptors (Lipinski definition) is 4. The molecule has 112 valence electrons. The first-order chi connectivity index (χ1) is 9.43. The normalized spacial score (nSPS) is 31.7. The minimum absolute atomic E-state index is 0.0212. The molecule has 20 heavy (non-hydrogen) atoms. The number of rotatable bonds is 3. The summed E-state index contributed by atoms with van der Waals surface area (Å²) in [6.07, 6.45) is 1.29. The second-order valence-electron chi connectivity index (χ2n) is 6.09. The van der Waals surface area contributed by atoms with Crippen LogP contribution >= 0.6 is 0 Å². The van der Waals surface area contributed by atoms with E-state index in [0.717, 1.165) is 23.3 Å². The van der Waals surface area contributed by atoms with Crippen molar-refractivity contribution in [1.82, 2.24) is 4.90 Å². The molecule has 1 aliphatic heterocycles. The maximum Gasteiger partial charge on any atom is 0.160 e. The summed E-state index contributed by atoms with van der Waals surface area (Å²) in [6, 6.07) is 0.236. The monoisotopic (exact) mass is 279 g/mol. The molecule has 0 saturated carbocycles. The number of carbonyl (C=O) groups excluding carboxylic acids is 1. The van der Waals surface area contributed by atoms with Gasteiger partial charge in [-0.2, -0.15) is 0 Å². The number of morpholine rings is 1. The Balaban J connectivity index is 2.25. The summed E-state index contributed by atoms with van der Waals surface area (Å²) >= 11 is 0. The fraction of sp³-hybridized carbons (Fsp3) is 0.688. The summed E-state index contributed by atoms with van der Waals surface area (Å²) in [6.45, 7) is 11.3. The second kappa shape index (κ2) is 6.10.